The molecule has 8 heteroatoms. The van der Waals surface area contributed by atoms with Gasteiger partial charge in [-0.3, -0.25) is 14.3 Å². The molecule has 1 fully saturated rings. The molecule has 0 amide bonds. The second-order valence-corrected chi connectivity index (χ2v) is 5.46. The molecule has 0 atom stereocenters. The van der Waals surface area contributed by atoms with E-state index in [0.717, 1.165) is 4.31 Å². The van der Waals surface area contributed by atoms with Crippen LogP contribution in [0.2, 0.25) is 0 Å². The van der Waals surface area contributed by atoms with E-state index in [1.807, 2.05) is 0 Å². The number of hydrogen-bond acceptors (Lipinski definition) is 5. The summed E-state index contributed by atoms with van der Waals surface area (Å²) in [7, 11) is -3.75. The van der Waals surface area contributed by atoms with Gasteiger partial charge in [0.1, 0.15) is 0 Å². The molecule has 0 aromatic heterocycles. The first kappa shape index (κ1) is 12.9. The number of hydrogen-bond donors (Lipinski definition) is 0. The van der Waals surface area contributed by atoms with Crippen LogP contribution in [0.4, 0.5) is 5.69 Å². The molecular formula is C10H12N2O5S. The molecule has 0 N–H and O–H groups in total. The van der Waals surface area contributed by atoms with E-state index in [0.29, 0.717) is 18.5 Å². The van der Waals surface area contributed by atoms with E-state index in [1.165, 1.54) is 6.07 Å². The Morgan fingerprint density at radius 3 is 2.78 bits per heavy atom. The molecule has 18 heavy (non-hydrogen) atoms. The Morgan fingerprint density at radius 2 is 2.11 bits per heavy atom. The van der Waals surface area contributed by atoms with E-state index in [9.17, 15) is 18.5 Å². The van der Waals surface area contributed by atoms with Gasteiger partial charge >= 0.3 is 10.3 Å². The zero-order valence-electron chi connectivity index (χ0n) is 9.48. The lowest BCUT2D eigenvalue weighted by Gasteiger charge is -2.25. The Balaban J connectivity index is 2.26. The van der Waals surface area contributed by atoms with E-state index >= 15 is 0 Å². The van der Waals surface area contributed by atoms with Crippen LogP contribution >= 0.6 is 0 Å². The van der Waals surface area contributed by atoms with Gasteiger partial charge in [0.05, 0.1) is 11.5 Å². The van der Waals surface area contributed by atoms with Gasteiger partial charge in [-0.2, -0.15) is 12.7 Å². The van der Waals surface area contributed by atoms with Crippen molar-refractivity contribution in [3.8, 4) is 0 Å². The molecule has 1 aromatic rings. The van der Waals surface area contributed by atoms with Gasteiger partial charge in [-0.05, 0) is 6.42 Å². The van der Waals surface area contributed by atoms with Crippen LogP contribution < -0.4 is 0 Å². The van der Waals surface area contributed by atoms with Gasteiger partial charge in [0.25, 0.3) is 5.69 Å². The maximum Gasteiger partial charge on any atom is 0.338 e. The summed E-state index contributed by atoms with van der Waals surface area (Å²) in [6.45, 7) is 0.434. The molecule has 1 aliphatic rings. The third-order valence-electron chi connectivity index (χ3n) is 2.64. The Hall–Kier alpha value is -1.51. The molecule has 0 radical (unpaired) electrons. The first-order valence-electron chi connectivity index (χ1n) is 5.37. The molecule has 1 heterocycles. The van der Waals surface area contributed by atoms with Crippen molar-refractivity contribution in [2.45, 2.75) is 13.0 Å². The molecule has 0 aliphatic carbocycles. The fourth-order valence-electron chi connectivity index (χ4n) is 1.76. The maximum absolute atomic E-state index is 11.6. The number of para-hydroxylation sites is 1. The van der Waals surface area contributed by atoms with Gasteiger partial charge in [-0.25, -0.2) is 0 Å². The normalized spacial score (nSPS) is 19.6. The number of nitrogens with zero attached hydrogens (tertiary/aromatic N) is 2. The first-order valence-corrected chi connectivity index (χ1v) is 6.74. The van der Waals surface area contributed by atoms with E-state index in [1.54, 1.807) is 18.2 Å². The minimum Gasteiger partial charge on any atom is -0.258 e. The molecular weight excluding hydrogens is 260 g/mol. The summed E-state index contributed by atoms with van der Waals surface area (Å²) < 4.78 is 29.0. The summed E-state index contributed by atoms with van der Waals surface area (Å²) in [4.78, 5) is 10.3. The number of nitro benzene ring substituents is 1. The van der Waals surface area contributed by atoms with Crippen LogP contribution in [0.5, 0.6) is 0 Å². The highest BCUT2D eigenvalue weighted by Gasteiger charge is 2.28. The highest BCUT2D eigenvalue weighted by atomic mass is 32.2. The standard InChI is InChI=1S/C10H12N2O5S/c13-12(14)10-5-2-1-4-9(10)8-11-6-3-7-17-18(11,15)16/h1-2,4-5H,3,6-8H2. The molecule has 98 valence electrons. The number of rotatable bonds is 3. The van der Waals surface area contributed by atoms with Gasteiger partial charge < -0.3 is 0 Å². The van der Waals surface area contributed by atoms with Crippen molar-refractivity contribution >= 4 is 16.0 Å². The van der Waals surface area contributed by atoms with Crippen LogP contribution in [0.15, 0.2) is 24.3 Å². The summed E-state index contributed by atoms with van der Waals surface area (Å²) >= 11 is 0. The monoisotopic (exact) mass is 272 g/mol. The highest BCUT2D eigenvalue weighted by Crippen LogP contribution is 2.22. The fourth-order valence-corrected chi connectivity index (χ4v) is 2.89. The van der Waals surface area contributed by atoms with E-state index < -0.39 is 15.2 Å². The minimum atomic E-state index is -3.75. The SMILES string of the molecule is O=[N+]([O-])c1ccccc1CN1CCCOS1(=O)=O. The second-order valence-electron chi connectivity index (χ2n) is 3.85. The largest absolute Gasteiger partial charge is 0.338 e. The predicted octanol–water partition coefficient (Wildman–Crippen LogP) is 1.06. The zero-order chi connectivity index (χ0) is 13.2. The van der Waals surface area contributed by atoms with Crippen molar-refractivity contribution in [2.75, 3.05) is 13.2 Å². The summed E-state index contributed by atoms with van der Waals surface area (Å²) in [5.74, 6) is 0. The third kappa shape index (κ3) is 2.66. The molecule has 0 saturated carbocycles. The number of benzene rings is 1. The fraction of sp³-hybridized carbons (Fsp3) is 0.400. The molecule has 0 spiro atoms. The average molecular weight is 272 g/mol. The van der Waals surface area contributed by atoms with Crippen LogP contribution in [0.1, 0.15) is 12.0 Å². The van der Waals surface area contributed by atoms with Crippen molar-refractivity contribution in [1.82, 2.24) is 4.31 Å². The van der Waals surface area contributed by atoms with Gasteiger partial charge in [0, 0.05) is 24.7 Å². The topological polar surface area (TPSA) is 89.8 Å². The molecule has 0 unspecified atom stereocenters. The van der Waals surface area contributed by atoms with Crippen molar-refractivity contribution in [3.63, 3.8) is 0 Å². The van der Waals surface area contributed by atoms with E-state index in [4.69, 9.17) is 0 Å². The predicted molar refractivity (Wildman–Crippen MR) is 63.0 cm³/mol. The quantitative estimate of drug-likeness (QED) is 0.606. The van der Waals surface area contributed by atoms with Gasteiger partial charge in [0.2, 0.25) is 0 Å². The summed E-state index contributed by atoms with van der Waals surface area (Å²) in [6.07, 6.45) is 0.583. The van der Waals surface area contributed by atoms with Crippen LogP contribution in [0.25, 0.3) is 0 Å². The lowest BCUT2D eigenvalue weighted by molar-refractivity contribution is -0.385. The van der Waals surface area contributed by atoms with Crippen molar-refractivity contribution in [1.29, 1.82) is 0 Å². The molecule has 1 saturated heterocycles. The molecule has 2 rings (SSSR count). The van der Waals surface area contributed by atoms with Gasteiger partial charge in [0.15, 0.2) is 0 Å². The Bertz CT molecular complexity index is 557. The van der Waals surface area contributed by atoms with Crippen LogP contribution in [0.3, 0.4) is 0 Å². The average Bonchev–Trinajstić information content (AvgIpc) is 2.32. The highest BCUT2D eigenvalue weighted by molar-refractivity contribution is 7.84. The summed E-state index contributed by atoms with van der Waals surface area (Å²) in [6, 6.07) is 6.08. The maximum atomic E-state index is 11.6. The van der Waals surface area contributed by atoms with E-state index in [-0.39, 0.29) is 18.8 Å². The van der Waals surface area contributed by atoms with Crippen molar-refractivity contribution in [2.24, 2.45) is 0 Å². The Labute approximate surface area is 104 Å². The molecule has 1 aliphatic heterocycles. The third-order valence-corrected chi connectivity index (χ3v) is 4.04. The van der Waals surface area contributed by atoms with Crippen molar-refractivity contribution in [3.05, 3.63) is 39.9 Å². The molecule has 1 aromatic carbocycles. The Morgan fingerprint density at radius 1 is 1.39 bits per heavy atom. The zero-order valence-corrected chi connectivity index (χ0v) is 10.3. The van der Waals surface area contributed by atoms with E-state index in [2.05, 4.69) is 4.18 Å². The Kier molecular flexibility index (Phi) is 3.60. The van der Waals surface area contributed by atoms with Crippen LogP contribution in [-0.4, -0.2) is 30.8 Å². The summed E-state index contributed by atoms with van der Waals surface area (Å²) in [5, 5.41) is 10.8. The molecule has 0 bridgehead atoms. The molecule has 7 nitrogen and oxygen atoms in total. The second kappa shape index (κ2) is 5.01. The van der Waals surface area contributed by atoms with Crippen LogP contribution in [-0.2, 0) is 21.0 Å². The van der Waals surface area contributed by atoms with Gasteiger partial charge in [-0.1, -0.05) is 18.2 Å². The minimum absolute atomic E-state index is 0.0422. The summed E-state index contributed by atoms with van der Waals surface area (Å²) in [5.41, 5.74) is 0.273. The lowest BCUT2D eigenvalue weighted by atomic mass is 10.2. The van der Waals surface area contributed by atoms with Gasteiger partial charge in [-0.15, -0.1) is 0 Å². The lowest BCUT2D eigenvalue weighted by Crippen LogP contribution is -2.37. The number of nitro groups is 1. The van der Waals surface area contributed by atoms with Crippen molar-refractivity contribution < 1.29 is 17.5 Å². The smallest absolute Gasteiger partial charge is 0.258 e. The first-order chi connectivity index (χ1) is 8.50. The van der Waals surface area contributed by atoms with Crippen LogP contribution in [0, 0.1) is 10.1 Å².